The third-order valence-corrected chi connectivity index (χ3v) is 11.9. The summed E-state index contributed by atoms with van der Waals surface area (Å²) in [4.78, 5) is 0. The first-order valence-corrected chi connectivity index (χ1v) is 14.4. The Balaban J connectivity index is 0.00000162. The zero-order valence-corrected chi connectivity index (χ0v) is 24.1. The maximum Gasteiger partial charge on any atom is -1.00 e. The molecular weight excluding hydrogens is 538 g/mol. The van der Waals surface area contributed by atoms with Crippen molar-refractivity contribution in [2.24, 2.45) is 5.92 Å². The fraction of sp³-hybridized carbons (Fsp3) is 0.267. The van der Waals surface area contributed by atoms with Crippen molar-refractivity contribution in [2.75, 3.05) is 7.11 Å². The van der Waals surface area contributed by atoms with Gasteiger partial charge in [0, 0.05) is 0 Å². The molecule has 0 radical (unpaired) electrons. The van der Waals surface area contributed by atoms with Crippen molar-refractivity contribution >= 4 is 12.2 Å². The first-order chi connectivity index (χ1) is 15.5. The van der Waals surface area contributed by atoms with Crippen LogP contribution in [0.15, 0.2) is 77.9 Å². The number of allylic oxidation sites excluding steroid dienone is 2. The van der Waals surface area contributed by atoms with Gasteiger partial charge in [0.25, 0.3) is 0 Å². The van der Waals surface area contributed by atoms with Crippen LogP contribution >= 0.6 is 0 Å². The number of hydrogen-bond acceptors (Lipinski definition) is 1. The van der Waals surface area contributed by atoms with E-state index in [4.69, 9.17) is 4.74 Å². The summed E-state index contributed by atoms with van der Waals surface area (Å²) in [5, 5.41) is 0. The van der Waals surface area contributed by atoms with E-state index in [-0.39, 0.29) is 24.8 Å². The Hall–Kier alpha value is -1.60. The first kappa shape index (κ1) is 27.0. The fourth-order valence-electron chi connectivity index (χ4n) is 5.20. The Labute approximate surface area is 228 Å². The van der Waals surface area contributed by atoms with Crippen LogP contribution in [0.2, 0.25) is 0 Å². The van der Waals surface area contributed by atoms with Gasteiger partial charge in [0.15, 0.2) is 0 Å². The molecule has 3 aromatic carbocycles. The first-order valence-electron chi connectivity index (χ1n) is 11.6. The van der Waals surface area contributed by atoms with Crippen molar-refractivity contribution in [1.82, 2.24) is 0 Å². The monoisotopic (exact) mass is 566 g/mol. The molecule has 2 unspecified atom stereocenters. The number of benzene rings is 3. The molecule has 0 aliphatic heterocycles. The van der Waals surface area contributed by atoms with Crippen molar-refractivity contribution in [3.05, 3.63) is 100 Å². The minimum absolute atomic E-state index is 0. The Bertz CT molecular complexity index is 1210. The van der Waals surface area contributed by atoms with E-state index in [1.165, 1.54) is 28.7 Å². The summed E-state index contributed by atoms with van der Waals surface area (Å²) in [5.41, 5.74) is 11.9. The molecule has 2 aliphatic carbocycles. The van der Waals surface area contributed by atoms with Crippen LogP contribution in [0.4, 0.5) is 0 Å². The van der Waals surface area contributed by atoms with Gasteiger partial charge in [0.05, 0.1) is 0 Å². The van der Waals surface area contributed by atoms with E-state index in [2.05, 4.69) is 99.7 Å². The Kier molecular flexibility index (Phi) is 9.07. The Morgan fingerprint density at radius 1 is 0.824 bits per heavy atom. The van der Waals surface area contributed by atoms with Crippen molar-refractivity contribution in [3.8, 4) is 16.9 Å². The molecule has 34 heavy (non-hydrogen) atoms. The Morgan fingerprint density at radius 2 is 1.53 bits per heavy atom. The van der Waals surface area contributed by atoms with Crippen LogP contribution in [0.1, 0.15) is 56.7 Å². The van der Waals surface area contributed by atoms with E-state index in [0.717, 1.165) is 5.75 Å². The summed E-state index contributed by atoms with van der Waals surface area (Å²) in [5.74, 6) is 1.58. The van der Waals surface area contributed by atoms with Gasteiger partial charge in [0.1, 0.15) is 0 Å². The van der Waals surface area contributed by atoms with Gasteiger partial charge in [-0.1, -0.05) is 0 Å². The number of rotatable bonds is 6. The van der Waals surface area contributed by atoms with E-state index < -0.39 is 23.2 Å². The number of fused-ring (bicyclic) bond motifs is 2. The van der Waals surface area contributed by atoms with Gasteiger partial charge in [0.2, 0.25) is 0 Å². The topological polar surface area (TPSA) is 9.23 Å². The standard InChI is InChI=1S/C20H21O.C10H9.2ClH.Zr/c1-14(2)11-15-12-17-5-4-6-19(20(17)13-15)16-7-9-18(21-3)10-8-16;1-8-6-9-4-2-3-5-10(9)7-8;;;/h4-10,12-14H,11H2,1-3H3;2-7H,1H3;2*1H;/q;;;;+2/p-2. The summed E-state index contributed by atoms with van der Waals surface area (Å²) in [7, 11) is 1.73. The van der Waals surface area contributed by atoms with Crippen molar-refractivity contribution < 1.29 is 52.8 Å². The summed E-state index contributed by atoms with van der Waals surface area (Å²) < 4.78 is 6.70. The molecule has 2 aliphatic rings. The van der Waals surface area contributed by atoms with E-state index in [1.54, 1.807) is 29.4 Å². The predicted octanol–water partition coefficient (Wildman–Crippen LogP) is 2.10. The second-order valence-corrected chi connectivity index (χ2v) is 13.1. The van der Waals surface area contributed by atoms with Crippen LogP contribution in [-0.4, -0.2) is 7.11 Å². The number of ether oxygens (including phenoxy) is 1. The molecule has 3 aromatic rings. The van der Waals surface area contributed by atoms with Crippen LogP contribution < -0.4 is 29.6 Å². The van der Waals surface area contributed by atoms with Gasteiger partial charge in [-0.2, -0.15) is 0 Å². The summed E-state index contributed by atoms with van der Waals surface area (Å²) >= 11 is -0.813. The molecular formula is C30H30Cl2OZr. The van der Waals surface area contributed by atoms with Crippen LogP contribution in [0.5, 0.6) is 5.75 Å². The van der Waals surface area contributed by atoms with Gasteiger partial charge in [-0.05, 0) is 0 Å². The quantitative estimate of drug-likeness (QED) is 0.443. The minimum atomic E-state index is -0.813. The maximum absolute atomic E-state index is 5.38. The zero-order chi connectivity index (χ0) is 22.2. The predicted molar refractivity (Wildman–Crippen MR) is 131 cm³/mol. The summed E-state index contributed by atoms with van der Waals surface area (Å²) in [6.45, 7) is 7.06. The molecule has 0 amide bonds. The molecule has 5 rings (SSSR count). The van der Waals surface area contributed by atoms with Crippen LogP contribution in [0, 0.1) is 5.92 Å². The number of halogens is 2. The summed E-state index contributed by atoms with van der Waals surface area (Å²) in [6.07, 6.45) is 6.16. The largest absolute Gasteiger partial charge is 1.00 e. The van der Waals surface area contributed by atoms with E-state index in [9.17, 15) is 0 Å². The normalized spacial score (nSPS) is 17.6. The van der Waals surface area contributed by atoms with E-state index in [0.29, 0.717) is 13.2 Å². The van der Waals surface area contributed by atoms with Crippen molar-refractivity contribution in [3.63, 3.8) is 0 Å². The molecule has 0 aromatic heterocycles. The number of methoxy groups -OCH3 is 1. The van der Waals surface area contributed by atoms with Crippen LogP contribution in [0.25, 0.3) is 23.3 Å². The average molecular weight is 569 g/mol. The van der Waals surface area contributed by atoms with Gasteiger partial charge in [-0.25, -0.2) is 0 Å². The van der Waals surface area contributed by atoms with Gasteiger partial charge < -0.3 is 24.8 Å². The third kappa shape index (κ3) is 5.16. The van der Waals surface area contributed by atoms with E-state index in [1.807, 2.05) is 0 Å². The van der Waals surface area contributed by atoms with E-state index >= 15 is 0 Å². The molecule has 0 N–H and O–H groups in total. The maximum atomic E-state index is 5.38. The molecule has 0 heterocycles. The van der Waals surface area contributed by atoms with Gasteiger partial charge in [-0.15, -0.1) is 0 Å². The zero-order valence-electron chi connectivity index (χ0n) is 20.1. The summed E-state index contributed by atoms with van der Waals surface area (Å²) in [6, 6.07) is 24.5. The minimum Gasteiger partial charge on any atom is -1.00 e. The van der Waals surface area contributed by atoms with Gasteiger partial charge in [-0.3, -0.25) is 0 Å². The van der Waals surface area contributed by atoms with Gasteiger partial charge >= 0.3 is 205 Å². The molecule has 0 saturated heterocycles. The molecule has 174 valence electrons. The smallest absolute Gasteiger partial charge is 1.00 e. The van der Waals surface area contributed by atoms with Crippen LogP contribution in [-0.2, 0) is 23.2 Å². The SMILES string of the molecule is COc1ccc(-c2cccc3c2C=C(CC(C)C)[CH]3[Zr+2][CH]2C(C)=Cc3ccccc32)cc1.[Cl-].[Cl-]. The molecule has 0 saturated carbocycles. The third-order valence-electron chi connectivity index (χ3n) is 6.68. The average Bonchev–Trinajstić information content (AvgIpc) is 3.30. The fourth-order valence-corrected chi connectivity index (χ4v) is 10.0. The number of hydrogen-bond donors (Lipinski definition) is 0. The Morgan fingerprint density at radius 3 is 2.24 bits per heavy atom. The second-order valence-electron chi connectivity index (χ2n) is 9.40. The molecule has 2 atom stereocenters. The molecule has 1 nitrogen and oxygen atoms in total. The van der Waals surface area contributed by atoms with Crippen molar-refractivity contribution in [2.45, 2.75) is 34.4 Å². The molecule has 4 heteroatoms. The molecule has 0 bridgehead atoms. The molecule has 0 fully saturated rings. The van der Waals surface area contributed by atoms with Crippen molar-refractivity contribution in [1.29, 1.82) is 0 Å². The second kappa shape index (κ2) is 11.4. The molecule has 0 spiro atoms. The van der Waals surface area contributed by atoms with Crippen LogP contribution in [0.3, 0.4) is 0 Å².